The lowest BCUT2D eigenvalue weighted by atomic mass is 10.1. The summed E-state index contributed by atoms with van der Waals surface area (Å²) in [5, 5.41) is 0. The topological polar surface area (TPSA) is 59.1 Å². The van der Waals surface area contributed by atoms with Crippen molar-refractivity contribution < 1.29 is 19.1 Å². The maximum Gasteiger partial charge on any atom is 0.331 e. The van der Waals surface area contributed by atoms with Crippen LogP contribution >= 0.6 is 0 Å². The van der Waals surface area contributed by atoms with Crippen molar-refractivity contribution in [2.75, 3.05) is 44.8 Å². The Balaban J connectivity index is 1.43. The Kier molecular flexibility index (Phi) is 6.89. The van der Waals surface area contributed by atoms with Crippen molar-refractivity contribution >= 4 is 23.6 Å². The molecule has 2 aromatic carbocycles. The monoisotopic (exact) mass is 394 g/mol. The van der Waals surface area contributed by atoms with Gasteiger partial charge in [-0.3, -0.25) is 4.79 Å². The fourth-order valence-corrected chi connectivity index (χ4v) is 3.21. The number of hydrogen-bond acceptors (Lipinski definition) is 5. The summed E-state index contributed by atoms with van der Waals surface area (Å²) in [4.78, 5) is 28.2. The first-order valence-electron chi connectivity index (χ1n) is 9.64. The Bertz CT molecular complexity index is 869. The van der Waals surface area contributed by atoms with E-state index in [2.05, 4.69) is 4.90 Å². The van der Waals surface area contributed by atoms with E-state index in [0.29, 0.717) is 13.1 Å². The van der Waals surface area contributed by atoms with Gasteiger partial charge in [-0.25, -0.2) is 4.79 Å². The first-order chi connectivity index (χ1) is 14.1. The zero-order valence-corrected chi connectivity index (χ0v) is 16.8. The van der Waals surface area contributed by atoms with Gasteiger partial charge in [-0.05, 0) is 48.4 Å². The number of aryl methyl sites for hydroxylation is 1. The Hall–Kier alpha value is -3.28. The molecule has 1 aliphatic rings. The van der Waals surface area contributed by atoms with Gasteiger partial charge in [0.2, 0.25) is 0 Å². The average Bonchev–Trinajstić information content (AvgIpc) is 2.77. The maximum atomic E-state index is 12.3. The van der Waals surface area contributed by atoms with E-state index in [1.54, 1.807) is 18.1 Å². The largest absolute Gasteiger partial charge is 0.497 e. The third kappa shape index (κ3) is 5.60. The van der Waals surface area contributed by atoms with Crippen molar-refractivity contribution in [1.29, 1.82) is 0 Å². The van der Waals surface area contributed by atoms with E-state index in [-0.39, 0.29) is 12.5 Å². The highest BCUT2D eigenvalue weighted by Gasteiger charge is 2.22. The first-order valence-corrected chi connectivity index (χ1v) is 9.64. The van der Waals surface area contributed by atoms with Gasteiger partial charge in [-0.1, -0.05) is 24.3 Å². The molecule has 6 nitrogen and oxygen atoms in total. The van der Waals surface area contributed by atoms with Gasteiger partial charge in [0.25, 0.3) is 5.91 Å². The van der Waals surface area contributed by atoms with Crippen LogP contribution in [0.15, 0.2) is 54.6 Å². The predicted molar refractivity (Wildman–Crippen MR) is 113 cm³/mol. The van der Waals surface area contributed by atoms with Crippen LogP contribution in [0.2, 0.25) is 0 Å². The molecule has 1 fully saturated rings. The van der Waals surface area contributed by atoms with E-state index in [1.807, 2.05) is 55.5 Å². The van der Waals surface area contributed by atoms with Gasteiger partial charge in [0, 0.05) is 37.9 Å². The van der Waals surface area contributed by atoms with Crippen LogP contribution in [-0.2, 0) is 14.3 Å². The zero-order chi connectivity index (χ0) is 20.6. The molecule has 0 aromatic heterocycles. The molecule has 0 aliphatic carbocycles. The lowest BCUT2D eigenvalue weighted by Crippen LogP contribution is -2.49. The Labute approximate surface area is 171 Å². The molecule has 1 heterocycles. The van der Waals surface area contributed by atoms with Crippen molar-refractivity contribution in [3.05, 3.63) is 65.7 Å². The van der Waals surface area contributed by atoms with Gasteiger partial charge in [0.05, 0.1) is 7.11 Å². The van der Waals surface area contributed by atoms with Crippen molar-refractivity contribution in [3.8, 4) is 5.75 Å². The van der Waals surface area contributed by atoms with Crippen molar-refractivity contribution in [3.63, 3.8) is 0 Å². The van der Waals surface area contributed by atoms with E-state index < -0.39 is 5.97 Å². The molecule has 152 valence electrons. The molecule has 0 bridgehead atoms. The van der Waals surface area contributed by atoms with Crippen molar-refractivity contribution in [1.82, 2.24) is 4.90 Å². The number of carbonyl (C=O) groups excluding carboxylic acids is 2. The standard InChI is InChI=1S/C23H26N2O4/c1-18-5-3-4-6-19(18)7-12-23(27)29-17-22(26)25-15-13-24(14-16-25)20-8-10-21(28-2)11-9-20/h3-12H,13-17H2,1-2H3/b12-7+. The zero-order valence-electron chi connectivity index (χ0n) is 16.8. The van der Waals surface area contributed by atoms with Gasteiger partial charge in [0.1, 0.15) is 5.75 Å². The summed E-state index contributed by atoms with van der Waals surface area (Å²) < 4.78 is 10.3. The second-order valence-corrected chi connectivity index (χ2v) is 6.86. The number of methoxy groups -OCH3 is 1. The minimum Gasteiger partial charge on any atom is -0.497 e. The molecule has 29 heavy (non-hydrogen) atoms. The van der Waals surface area contributed by atoms with Gasteiger partial charge in [-0.15, -0.1) is 0 Å². The number of benzene rings is 2. The number of rotatable bonds is 6. The molecule has 3 rings (SSSR count). The van der Waals surface area contributed by atoms with Gasteiger partial charge in [0.15, 0.2) is 6.61 Å². The summed E-state index contributed by atoms with van der Waals surface area (Å²) in [5.74, 6) is 0.136. The quantitative estimate of drug-likeness (QED) is 0.557. The molecule has 1 saturated heterocycles. The van der Waals surface area contributed by atoms with E-state index >= 15 is 0 Å². The van der Waals surface area contributed by atoms with Crippen LogP contribution in [0.3, 0.4) is 0 Å². The van der Waals surface area contributed by atoms with E-state index in [4.69, 9.17) is 9.47 Å². The van der Waals surface area contributed by atoms with E-state index in [9.17, 15) is 9.59 Å². The fraction of sp³-hybridized carbons (Fsp3) is 0.304. The molecule has 0 atom stereocenters. The smallest absolute Gasteiger partial charge is 0.331 e. The fourth-order valence-electron chi connectivity index (χ4n) is 3.21. The Morgan fingerprint density at radius 2 is 1.69 bits per heavy atom. The third-order valence-electron chi connectivity index (χ3n) is 5.00. The lowest BCUT2D eigenvalue weighted by Gasteiger charge is -2.36. The highest BCUT2D eigenvalue weighted by molar-refractivity contribution is 5.89. The highest BCUT2D eigenvalue weighted by atomic mass is 16.5. The molecule has 0 unspecified atom stereocenters. The summed E-state index contributed by atoms with van der Waals surface area (Å²) in [7, 11) is 1.64. The molecular formula is C23H26N2O4. The number of anilines is 1. The lowest BCUT2D eigenvalue weighted by molar-refractivity contribution is -0.148. The molecule has 6 heteroatoms. The minimum absolute atomic E-state index is 0.169. The first kappa shape index (κ1) is 20.5. The summed E-state index contributed by atoms with van der Waals surface area (Å²) in [6, 6.07) is 15.6. The van der Waals surface area contributed by atoms with Crippen LogP contribution in [0, 0.1) is 6.92 Å². The normalized spacial score (nSPS) is 14.1. The van der Waals surface area contributed by atoms with Crippen LogP contribution in [0.1, 0.15) is 11.1 Å². The van der Waals surface area contributed by atoms with Crippen molar-refractivity contribution in [2.45, 2.75) is 6.92 Å². The average molecular weight is 394 g/mol. The van der Waals surface area contributed by atoms with Crippen LogP contribution < -0.4 is 9.64 Å². The third-order valence-corrected chi connectivity index (χ3v) is 5.00. The number of carbonyl (C=O) groups is 2. The molecule has 0 N–H and O–H groups in total. The second-order valence-electron chi connectivity index (χ2n) is 6.86. The van der Waals surface area contributed by atoms with Gasteiger partial charge >= 0.3 is 5.97 Å². The Morgan fingerprint density at radius 3 is 2.34 bits per heavy atom. The van der Waals surface area contributed by atoms with E-state index in [1.165, 1.54) is 6.08 Å². The number of piperazine rings is 1. The van der Waals surface area contributed by atoms with Crippen LogP contribution in [0.25, 0.3) is 6.08 Å². The van der Waals surface area contributed by atoms with Crippen LogP contribution in [-0.4, -0.2) is 56.7 Å². The molecule has 0 spiro atoms. The van der Waals surface area contributed by atoms with E-state index in [0.717, 1.165) is 35.7 Å². The number of esters is 1. The molecule has 0 saturated carbocycles. The van der Waals surface area contributed by atoms with Gasteiger partial charge in [-0.2, -0.15) is 0 Å². The van der Waals surface area contributed by atoms with Crippen LogP contribution in [0.5, 0.6) is 5.75 Å². The summed E-state index contributed by atoms with van der Waals surface area (Å²) in [6.45, 7) is 4.40. The molecule has 2 aromatic rings. The minimum atomic E-state index is -0.515. The summed E-state index contributed by atoms with van der Waals surface area (Å²) in [6.07, 6.45) is 3.06. The Morgan fingerprint density at radius 1 is 1.00 bits per heavy atom. The summed E-state index contributed by atoms with van der Waals surface area (Å²) >= 11 is 0. The molecular weight excluding hydrogens is 368 g/mol. The number of ether oxygens (including phenoxy) is 2. The summed E-state index contributed by atoms with van der Waals surface area (Å²) in [5.41, 5.74) is 3.12. The van der Waals surface area contributed by atoms with Gasteiger partial charge < -0.3 is 19.3 Å². The van der Waals surface area contributed by atoms with Crippen LogP contribution in [0.4, 0.5) is 5.69 Å². The second kappa shape index (κ2) is 9.78. The highest BCUT2D eigenvalue weighted by Crippen LogP contribution is 2.20. The molecule has 1 amide bonds. The van der Waals surface area contributed by atoms with Crippen molar-refractivity contribution in [2.24, 2.45) is 0 Å². The number of hydrogen-bond donors (Lipinski definition) is 0. The predicted octanol–water partition coefficient (Wildman–Crippen LogP) is 2.91. The number of amides is 1. The SMILES string of the molecule is COc1ccc(N2CCN(C(=O)COC(=O)/C=C/c3ccccc3C)CC2)cc1. The number of nitrogens with zero attached hydrogens (tertiary/aromatic N) is 2. The maximum absolute atomic E-state index is 12.3. The molecule has 0 radical (unpaired) electrons. The molecule has 1 aliphatic heterocycles.